The highest BCUT2D eigenvalue weighted by Gasteiger charge is 2.38. The molecule has 1 aliphatic heterocycles. The van der Waals surface area contributed by atoms with E-state index in [2.05, 4.69) is 17.2 Å². The summed E-state index contributed by atoms with van der Waals surface area (Å²) in [5.41, 5.74) is 0.255. The van der Waals surface area contributed by atoms with Crippen molar-refractivity contribution in [2.75, 3.05) is 19.8 Å². The molecule has 0 aromatic rings. The smallest absolute Gasteiger partial charge is 0.333 e. The molecule has 0 aromatic carbocycles. The Morgan fingerprint density at radius 2 is 2.00 bits per heavy atom. The van der Waals surface area contributed by atoms with E-state index in [4.69, 9.17) is 9.47 Å². The van der Waals surface area contributed by atoms with E-state index in [1.165, 1.54) is 6.92 Å². The summed E-state index contributed by atoms with van der Waals surface area (Å²) in [6.45, 7) is 4.72. The van der Waals surface area contributed by atoms with Gasteiger partial charge in [0.15, 0.2) is 6.23 Å². The summed E-state index contributed by atoms with van der Waals surface area (Å²) in [7, 11) is 0. The zero-order valence-corrected chi connectivity index (χ0v) is 11.6. The second kappa shape index (κ2) is 7.93. The molecule has 0 bridgehead atoms. The first kappa shape index (κ1) is 17.4. The number of rotatable bonds is 5. The first-order chi connectivity index (χ1) is 9.82. The standard InChI is InChI=1S/C12H20N2O7/c1-6(2)11(18)20-4-3-13-12(19)14-10-9(17)8(16)7(15)5-21-10/h7-10,15-17H,1,3-5H2,2H3,(H2,13,14,19). The first-order valence-corrected chi connectivity index (χ1v) is 6.35. The minimum Gasteiger partial charge on any atom is -0.460 e. The Morgan fingerprint density at radius 1 is 1.33 bits per heavy atom. The van der Waals surface area contributed by atoms with Crippen LogP contribution in [0, 0.1) is 0 Å². The van der Waals surface area contributed by atoms with Gasteiger partial charge in [-0.3, -0.25) is 0 Å². The highest BCUT2D eigenvalue weighted by atomic mass is 16.5. The molecule has 0 aliphatic carbocycles. The lowest BCUT2D eigenvalue weighted by Crippen LogP contribution is -2.60. The molecule has 2 amide bonds. The lowest BCUT2D eigenvalue weighted by atomic mass is 10.0. The lowest BCUT2D eigenvalue weighted by molar-refractivity contribution is -0.191. The predicted octanol–water partition coefficient (Wildman–Crippen LogP) is -2.16. The Morgan fingerprint density at radius 3 is 2.62 bits per heavy atom. The number of amides is 2. The number of hydrogen-bond donors (Lipinski definition) is 5. The fourth-order valence-corrected chi connectivity index (χ4v) is 1.54. The molecule has 120 valence electrons. The van der Waals surface area contributed by atoms with Gasteiger partial charge < -0.3 is 35.4 Å². The number of urea groups is 1. The van der Waals surface area contributed by atoms with E-state index in [9.17, 15) is 24.9 Å². The van der Waals surface area contributed by atoms with E-state index in [0.29, 0.717) is 0 Å². The van der Waals surface area contributed by atoms with Crippen LogP contribution in [0.3, 0.4) is 0 Å². The maximum absolute atomic E-state index is 11.5. The third-order valence-corrected chi connectivity index (χ3v) is 2.74. The Labute approximate surface area is 121 Å². The van der Waals surface area contributed by atoms with Crippen molar-refractivity contribution in [3.05, 3.63) is 12.2 Å². The number of aliphatic hydroxyl groups is 3. The van der Waals surface area contributed by atoms with Crippen LogP contribution in [0.4, 0.5) is 4.79 Å². The topological polar surface area (TPSA) is 137 Å². The molecule has 0 aromatic heterocycles. The first-order valence-electron chi connectivity index (χ1n) is 6.35. The molecule has 0 spiro atoms. The molecule has 9 heteroatoms. The van der Waals surface area contributed by atoms with Crippen molar-refractivity contribution in [1.29, 1.82) is 0 Å². The van der Waals surface area contributed by atoms with Crippen molar-refractivity contribution in [1.82, 2.24) is 10.6 Å². The number of nitrogens with one attached hydrogen (secondary N) is 2. The second-order valence-electron chi connectivity index (χ2n) is 4.62. The maximum atomic E-state index is 11.5. The summed E-state index contributed by atoms with van der Waals surface area (Å²) >= 11 is 0. The van der Waals surface area contributed by atoms with Gasteiger partial charge in [-0.2, -0.15) is 0 Å². The molecule has 0 saturated carbocycles. The molecule has 9 nitrogen and oxygen atoms in total. The van der Waals surface area contributed by atoms with E-state index >= 15 is 0 Å². The van der Waals surface area contributed by atoms with Crippen LogP contribution in [0.15, 0.2) is 12.2 Å². The Kier molecular flexibility index (Phi) is 6.56. The number of aliphatic hydroxyl groups excluding tert-OH is 3. The van der Waals surface area contributed by atoms with Crippen molar-refractivity contribution in [3.63, 3.8) is 0 Å². The van der Waals surface area contributed by atoms with Gasteiger partial charge in [0.2, 0.25) is 0 Å². The summed E-state index contributed by atoms with van der Waals surface area (Å²) in [6, 6.07) is -0.672. The minimum atomic E-state index is -1.44. The highest BCUT2D eigenvalue weighted by Crippen LogP contribution is 2.13. The van der Waals surface area contributed by atoms with Crippen molar-refractivity contribution >= 4 is 12.0 Å². The van der Waals surface area contributed by atoms with Gasteiger partial charge in [-0.15, -0.1) is 0 Å². The van der Waals surface area contributed by atoms with E-state index in [0.717, 1.165) is 0 Å². The van der Waals surface area contributed by atoms with Crippen LogP contribution in [0.2, 0.25) is 0 Å². The Balaban J connectivity index is 2.25. The normalized spacial score (nSPS) is 28.6. The molecule has 1 aliphatic rings. The van der Waals surface area contributed by atoms with Crippen LogP contribution < -0.4 is 10.6 Å². The average molecular weight is 304 g/mol. The lowest BCUT2D eigenvalue weighted by Gasteiger charge is -2.35. The summed E-state index contributed by atoms with van der Waals surface area (Å²) < 4.78 is 9.75. The molecule has 4 unspecified atom stereocenters. The van der Waals surface area contributed by atoms with Gasteiger partial charge in [0, 0.05) is 5.57 Å². The number of ether oxygens (including phenoxy) is 2. The zero-order chi connectivity index (χ0) is 16.0. The molecule has 1 rings (SSSR count). The summed E-state index contributed by atoms with van der Waals surface area (Å²) in [6.07, 6.45) is -5.19. The molecule has 1 heterocycles. The van der Waals surface area contributed by atoms with Crippen LogP contribution in [-0.2, 0) is 14.3 Å². The highest BCUT2D eigenvalue weighted by molar-refractivity contribution is 5.86. The van der Waals surface area contributed by atoms with E-state index in [1.54, 1.807) is 0 Å². The minimum absolute atomic E-state index is 0.0332. The van der Waals surface area contributed by atoms with Crippen molar-refractivity contribution in [3.8, 4) is 0 Å². The summed E-state index contributed by atoms with van der Waals surface area (Å²) in [4.78, 5) is 22.6. The molecule has 1 fully saturated rings. The largest absolute Gasteiger partial charge is 0.460 e. The van der Waals surface area contributed by atoms with Crippen molar-refractivity contribution in [2.45, 2.75) is 31.5 Å². The number of hydrogen-bond acceptors (Lipinski definition) is 7. The van der Waals surface area contributed by atoms with Gasteiger partial charge in [-0.25, -0.2) is 9.59 Å². The summed E-state index contributed by atoms with van der Waals surface area (Å²) in [5, 5.41) is 33.0. The van der Waals surface area contributed by atoms with E-state index in [1.807, 2.05) is 0 Å². The van der Waals surface area contributed by atoms with Crippen LogP contribution in [0.25, 0.3) is 0 Å². The number of carbonyl (C=O) groups is 2. The predicted molar refractivity (Wildman–Crippen MR) is 70.1 cm³/mol. The Bertz CT molecular complexity index is 401. The molecule has 1 saturated heterocycles. The van der Waals surface area contributed by atoms with Crippen LogP contribution in [-0.4, -0.2) is 71.6 Å². The van der Waals surface area contributed by atoms with E-state index < -0.39 is 36.5 Å². The van der Waals surface area contributed by atoms with Gasteiger partial charge >= 0.3 is 12.0 Å². The monoisotopic (exact) mass is 304 g/mol. The van der Waals surface area contributed by atoms with Crippen molar-refractivity contribution in [2.24, 2.45) is 0 Å². The van der Waals surface area contributed by atoms with Crippen LogP contribution in [0.1, 0.15) is 6.92 Å². The molecular formula is C12H20N2O7. The molecule has 4 atom stereocenters. The van der Waals surface area contributed by atoms with Gasteiger partial charge in [-0.05, 0) is 6.92 Å². The quantitative estimate of drug-likeness (QED) is 0.222. The second-order valence-corrected chi connectivity index (χ2v) is 4.62. The van der Waals surface area contributed by atoms with Crippen LogP contribution in [0.5, 0.6) is 0 Å². The molecular weight excluding hydrogens is 284 g/mol. The molecule has 21 heavy (non-hydrogen) atoms. The third-order valence-electron chi connectivity index (χ3n) is 2.74. The third kappa shape index (κ3) is 5.31. The van der Waals surface area contributed by atoms with Gasteiger partial charge in [0.05, 0.1) is 13.2 Å². The molecule has 5 N–H and O–H groups in total. The maximum Gasteiger partial charge on any atom is 0.333 e. The summed E-state index contributed by atoms with van der Waals surface area (Å²) in [5.74, 6) is -0.555. The number of carbonyl (C=O) groups excluding carboxylic acids is 2. The van der Waals surface area contributed by atoms with Gasteiger partial charge in [0.1, 0.15) is 24.9 Å². The number of esters is 1. The van der Waals surface area contributed by atoms with E-state index in [-0.39, 0.29) is 25.3 Å². The van der Waals surface area contributed by atoms with Crippen LogP contribution >= 0.6 is 0 Å². The van der Waals surface area contributed by atoms with Crippen molar-refractivity contribution < 1.29 is 34.4 Å². The molecule has 0 radical (unpaired) electrons. The fourth-order valence-electron chi connectivity index (χ4n) is 1.54. The van der Waals surface area contributed by atoms with Gasteiger partial charge in [-0.1, -0.05) is 6.58 Å². The SMILES string of the molecule is C=C(C)C(=O)OCCNC(=O)NC1OCC(O)C(O)C1O. The Hall–Kier alpha value is -1.68. The average Bonchev–Trinajstić information content (AvgIpc) is 2.44. The fraction of sp³-hybridized carbons (Fsp3) is 0.667. The zero-order valence-electron chi connectivity index (χ0n) is 11.6. The van der Waals surface area contributed by atoms with Gasteiger partial charge in [0.25, 0.3) is 0 Å².